The van der Waals surface area contributed by atoms with E-state index in [1.54, 1.807) is 0 Å². The van der Waals surface area contributed by atoms with Gasteiger partial charge in [-0.2, -0.15) is 0 Å². The van der Waals surface area contributed by atoms with Crippen LogP contribution < -0.4 is 0 Å². The molecule has 2 aromatic rings. The molecule has 2 heterocycles. The largest absolute Gasteiger partial charge is 0.508 e. The second-order valence-corrected chi connectivity index (χ2v) is 4.38. The average Bonchev–Trinajstić information content (AvgIpc) is 2.96. The Morgan fingerprint density at radius 1 is 1.20 bits per heavy atom. The molecule has 0 bridgehead atoms. The zero-order valence-electron chi connectivity index (χ0n) is 14.2. The molecule has 1 unspecified atom stereocenters. The summed E-state index contributed by atoms with van der Waals surface area (Å²) in [6.45, 7) is -2.70. The summed E-state index contributed by atoms with van der Waals surface area (Å²) in [7, 11) is 0. The van der Waals surface area contributed by atoms with Gasteiger partial charge in [0.15, 0.2) is 0 Å². The third kappa shape index (κ3) is 1.87. The van der Waals surface area contributed by atoms with Gasteiger partial charge in [-0.25, -0.2) is 0 Å². The maximum Gasteiger partial charge on any atom is 0.312 e. The van der Waals surface area contributed by atoms with Crippen molar-refractivity contribution < 1.29 is 25.3 Å². The average molecular weight is 275 g/mol. The first-order valence-electron chi connectivity index (χ1n) is 7.87. The number of hydrogen-bond acceptors (Lipinski definition) is 3. The van der Waals surface area contributed by atoms with Crippen LogP contribution in [0.5, 0.6) is 5.75 Å². The molecule has 0 fully saturated rings. The Morgan fingerprint density at radius 2 is 1.90 bits per heavy atom. The summed E-state index contributed by atoms with van der Waals surface area (Å²) in [6, 6.07) is 7.85. The van der Waals surface area contributed by atoms with Crippen LogP contribution in [0.25, 0.3) is 0 Å². The number of carbonyl (C=O) groups excluding carboxylic acids is 1. The second-order valence-electron chi connectivity index (χ2n) is 4.38. The Labute approximate surface area is 120 Å². The third-order valence-electron chi connectivity index (χ3n) is 3.14. The van der Waals surface area contributed by atoms with Crippen molar-refractivity contribution >= 4 is 11.8 Å². The lowest BCUT2D eigenvalue weighted by molar-refractivity contribution is -0.138. The van der Waals surface area contributed by atoms with Crippen LogP contribution in [0.3, 0.4) is 0 Å². The molecular formula is C15H13NO4. The van der Waals surface area contributed by atoms with Crippen LogP contribution in [-0.2, 0) is 11.3 Å². The lowest BCUT2D eigenvalue weighted by atomic mass is 10.1. The predicted octanol–water partition coefficient (Wildman–Crippen LogP) is 2.00. The summed E-state index contributed by atoms with van der Waals surface area (Å²) < 4.78 is 32.7. The zero-order chi connectivity index (χ0) is 17.9. The lowest BCUT2D eigenvalue weighted by Gasteiger charge is -2.05. The van der Waals surface area contributed by atoms with Crippen molar-refractivity contribution in [2.75, 3.05) is 0 Å². The number of fused-ring (bicyclic) bond motifs is 1. The molecule has 1 aromatic heterocycles. The first-order chi connectivity index (χ1) is 11.1. The minimum Gasteiger partial charge on any atom is -0.508 e. The number of carboxylic acid groups (broad SMARTS) is 1. The van der Waals surface area contributed by atoms with Crippen LogP contribution in [0.4, 0.5) is 0 Å². The van der Waals surface area contributed by atoms with E-state index in [-0.39, 0.29) is 22.7 Å². The van der Waals surface area contributed by atoms with Crippen LogP contribution >= 0.6 is 0 Å². The highest BCUT2D eigenvalue weighted by molar-refractivity contribution is 6.08. The summed E-state index contributed by atoms with van der Waals surface area (Å²) in [5, 5.41) is 18.6. The van der Waals surface area contributed by atoms with Gasteiger partial charge < -0.3 is 14.8 Å². The van der Waals surface area contributed by atoms with Gasteiger partial charge in [-0.15, -0.1) is 0 Å². The normalized spacial score (nSPS) is 24.9. The number of aromatic hydroxyl groups is 1. The van der Waals surface area contributed by atoms with E-state index >= 15 is 0 Å². The minimum atomic E-state index is -2.71. The fourth-order valence-corrected chi connectivity index (χ4v) is 2.13. The Hall–Kier alpha value is -2.56. The van der Waals surface area contributed by atoms with Crippen LogP contribution in [-0.4, -0.2) is 26.5 Å². The van der Waals surface area contributed by atoms with E-state index in [4.69, 9.17) is 5.48 Å². The maximum absolute atomic E-state index is 12.6. The van der Waals surface area contributed by atoms with E-state index < -0.39 is 30.5 Å². The molecule has 3 rings (SSSR count). The van der Waals surface area contributed by atoms with Gasteiger partial charge in [0, 0.05) is 23.2 Å². The van der Waals surface area contributed by atoms with E-state index in [1.165, 1.54) is 36.4 Å². The molecule has 0 saturated carbocycles. The molecule has 1 aliphatic rings. The van der Waals surface area contributed by atoms with Gasteiger partial charge in [-0.05, 0) is 42.8 Å². The number of phenolic OH excluding ortho intramolecular Hbond substituents is 1. The van der Waals surface area contributed by atoms with E-state index in [0.717, 1.165) is 4.57 Å². The van der Waals surface area contributed by atoms with Gasteiger partial charge in [0.1, 0.15) is 5.75 Å². The molecular weight excluding hydrogens is 258 g/mol. The van der Waals surface area contributed by atoms with Crippen molar-refractivity contribution in [1.82, 2.24) is 4.57 Å². The Balaban J connectivity index is 2.16. The summed E-state index contributed by atoms with van der Waals surface area (Å²) in [4.78, 5) is 24.0. The van der Waals surface area contributed by atoms with Crippen LogP contribution in [0.15, 0.2) is 36.4 Å². The second kappa shape index (κ2) is 4.52. The van der Waals surface area contributed by atoms with Crippen LogP contribution in [0.2, 0.25) is 0 Å². The molecule has 0 spiro atoms. The van der Waals surface area contributed by atoms with Crippen molar-refractivity contribution in [3.63, 3.8) is 0 Å². The monoisotopic (exact) mass is 275 g/mol. The molecule has 20 heavy (non-hydrogen) atoms. The highest BCUT2D eigenvalue weighted by atomic mass is 16.4. The topological polar surface area (TPSA) is 79.5 Å². The lowest BCUT2D eigenvalue weighted by Crippen LogP contribution is -2.09. The Morgan fingerprint density at radius 3 is 2.55 bits per heavy atom. The van der Waals surface area contributed by atoms with E-state index in [1.807, 2.05) is 0 Å². The number of benzene rings is 1. The number of phenols is 1. The molecule has 1 aromatic carbocycles. The fourth-order valence-electron chi connectivity index (χ4n) is 2.13. The van der Waals surface area contributed by atoms with E-state index in [2.05, 4.69) is 0 Å². The van der Waals surface area contributed by atoms with Gasteiger partial charge in [0.2, 0.25) is 5.78 Å². The molecule has 2 N–H and O–H groups in total. The minimum absolute atomic E-state index is 0.0375. The SMILES string of the molecule is [2H]C1([2H])C(C(=O)O)c2ccc(C(=O)c3ccc(O)cc3)n2C1([2H])[2H]. The van der Waals surface area contributed by atoms with Gasteiger partial charge >= 0.3 is 5.97 Å². The molecule has 1 atom stereocenters. The number of hydrogen-bond donors (Lipinski definition) is 2. The van der Waals surface area contributed by atoms with Gasteiger partial charge in [0.25, 0.3) is 0 Å². The van der Waals surface area contributed by atoms with Crippen molar-refractivity contribution in [2.45, 2.75) is 18.8 Å². The van der Waals surface area contributed by atoms with Crippen LogP contribution in [0, 0.1) is 0 Å². The van der Waals surface area contributed by atoms with Gasteiger partial charge in [0.05, 0.1) is 11.6 Å². The van der Waals surface area contributed by atoms with Crippen molar-refractivity contribution in [1.29, 1.82) is 0 Å². The number of carboxylic acids is 1. The highest BCUT2D eigenvalue weighted by Gasteiger charge is 2.31. The third-order valence-corrected chi connectivity index (χ3v) is 3.14. The molecule has 0 radical (unpaired) electrons. The maximum atomic E-state index is 12.6. The number of aliphatic carboxylic acids is 1. The molecule has 1 aliphatic heterocycles. The number of ketones is 1. The summed E-state index contributed by atoms with van der Waals surface area (Å²) in [6.07, 6.45) is -2.71. The van der Waals surface area contributed by atoms with Gasteiger partial charge in [-0.1, -0.05) is 0 Å². The number of nitrogens with zero attached hydrogens (tertiary/aromatic N) is 1. The first-order valence-corrected chi connectivity index (χ1v) is 5.87. The summed E-state index contributed by atoms with van der Waals surface area (Å²) in [5.41, 5.74) is -0.0724. The number of rotatable bonds is 3. The summed E-state index contributed by atoms with van der Waals surface area (Å²) >= 11 is 0. The Kier molecular flexibility index (Phi) is 1.94. The molecule has 0 aliphatic carbocycles. The number of aromatic nitrogens is 1. The van der Waals surface area contributed by atoms with Crippen molar-refractivity contribution in [2.24, 2.45) is 0 Å². The van der Waals surface area contributed by atoms with Crippen molar-refractivity contribution in [3.8, 4) is 5.75 Å². The quantitative estimate of drug-likeness (QED) is 0.840. The van der Waals surface area contributed by atoms with E-state index in [0.29, 0.717) is 0 Å². The molecule has 0 amide bonds. The zero-order valence-corrected chi connectivity index (χ0v) is 10.2. The first kappa shape index (κ1) is 8.58. The smallest absolute Gasteiger partial charge is 0.312 e. The standard InChI is InChI=1S/C15H13NO4/c17-10-3-1-9(2-4-10)14(18)13-6-5-12-11(15(19)20)7-8-16(12)13/h1-6,11,17H,7-8H2,(H,19,20)/i7D2,8D2. The van der Waals surface area contributed by atoms with Crippen molar-refractivity contribution in [3.05, 3.63) is 53.3 Å². The molecule has 5 heteroatoms. The Bertz CT molecular complexity index is 842. The fraction of sp³-hybridized carbons (Fsp3) is 0.200. The molecule has 5 nitrogen and oxygen atoms in total. The van der Waals surface area contributed by atoms with Crippen LogP contribution in [0.1, 0.15) is 39.5 Å². The van der Waals surface area contributed by atoms with E-state index in [9.17, 15) is 19.8 Å². The predicted molar refractivity (Wildman–Crippen MR) is 71.0 cm³/mol. The van der Waals surface area contributed by atoms with Gasteiger partial charge in [-0.3, -0.25) is 9.59 Å². The molecule has 0 saturated heterocycles. The summed E-state index contributed by atoms with van der Waals surface area (Å²) in [5.74, 6) is -3.84. The molecule has 102 valence electrons. The number of carbonyl (C=O) groups is 2. The highest BCUT2D eigenvalue weighted by Crippen LogP contribution is 2.31.